The lowest BCUT2D eigenvalue weighted by Gasteiger charge is -2.14. The van der Waals surface area contributed by atoms with Crippen molar-refractivity contribution in [2.45, 2.75) is 37.8 Å². The quantitative estimate of drug-likeness (QED) is 0.404. The molecule has 2 aromatic carbocycles. The Labute approximate surface area is 175 Å². The molecule has 2 atom stereocenters. The average molecular weight is 433 g/mol. The molecule has 2 aromatic rings. The first-order valence-corrected chi connectivity index (χ1v) is 10.7. The second-order valence-corrected chi connectivity index (χ2v) is 8.57. The minimum Gasteiger partial charge on any atom is -0.475 e. The van der Waals surface area contributed by atoms with E-state index in [1.54, 1.807) is 37.3 Å². The van der Waals surface area contributed by atoms with Crippen molar-refractivity contribution >= 4 is 22.0 Å². The number of carbonyl (C=O) groups excluding carboxylic acids is 1. The van der Waals surface area contributed by atoms with E-state index in [1.807, 2.05) is 6.92 Å². The summed E-state index contributed by atoms with van der Waals surface area (Å²) in [6.45, 7) is 4.54. The van der Waals surface area contributed by atoms with Crippen molar-refractivity contribution in [2.75, 3.05) is 13.2 Å². The summed E-state index contributed by atoms with van der Waals surface area (Å²) in [5, 5.41) is 10.4. The fourth-order valence-electron chi connectivity index (χ4n) is 2.89. The van der Waals surface area contributed by atoms with Gasteiger partial charge in [-0.25, -0.2) is 4.99 Å². The lowest BCUT2D eigenvalue weighted by molar-refractivity contribution is -0.131. The Balaban J connectivity index is 1.68. The lowest BCUT2D eigenvalue weighted by atomic mass is 10.1. The summed E-state index contributed by atoms with van der Waals surface area (Å²) in [6.07, 6.45) is -1.18. The summed E-state index contributed by atoms with van der Waals surface area (Å²) in [5.74, 6) is 0.236. The smallest absolute Gasteiger partial charge is 0.308 e. The van der Waals surface area contributed by atoms with E-state index in [1.165, 1.54) is 19.1 Å². The number of benzene rings is 2. The van der Waals surface area contributed by atoms with E-state index >= 15 is 0 Å². The fourth-order valence-corrected chi connectivity index (χ4v) is 3.81. The molecule has 0 fully saturated rings. The third-order valence-corrected chi connectivity index (χ3v) is 5.89. The van der Waals surface area contributed by atoms with Crippen LogP contribution in [0.1, 0.15) is 23.6 Å². The summed E-state index contributed by atoms with van der Waals surface area (Å²) in [7, 11) is -3.99. The third-order valence-electron chi connectivity index (χ3n) is 4.59. The van der Waals surface area contributed by atoms with Gasteiger partial charge >= 0.3 is 5.97 Å². The molecule has 1 heterocycles. The predicted molar refractivity (Wildman–Crippen MR) is 109 cm³/mol. The number of carbonyl (C=O) groups is 1. The Morgan fingerprint density at radius 2 is 1.93 bits per heavy atom. The van der Waals surface area contributed by atoms with Crippen molar-refractivity contribution in [2.24, 2.45) is 4.99 Å². The summed E-state index contributed by atoms with van der Waals surface area (Å²) in [6, 6.07) is 10.7. The summed E-state index contributed by atoms with van der Waals surface area (Å²) < 4.78 is 40.3. The molecule has 8 nitrogen and oxygen atoms in total. The van der Waals surface area contributed by atoms with Gasteiger partial charge in [0.2, 0.25) is 5.90 Å². The van der Waals surface area contributed by atoms with Gasteiger partial charge in [0, 0.05) is 18.1 Å². The van der Waals surface area contributed by atoms with Crippen molar-refractivity contribution < 1.29 is 32.0 Å². The molecule has 160 valence electrons. The number of nitrogens with zero attached hydrogens (tertiary/aromatic N) is 1. The average Bonchev–Trinajstić information content (AvgIpc) is 3.18. The van der Waals surface area contributed by atoms with E-state index < -0.39 is 34.8 Å². The maximum atomic E-state index is 12.3. The Kier molecular flexibility index (Phi) is 6.55. The molecule has 0 amide bonds. The molecule has 0 saturated heterocycles. The first-order chi connectivity index (χ1) is 14.2. The second-order valence-electron chi connectivity index (χ2n) is 6.95. The van der Waals surface area contributed by atoms with Crippen LogP contribution in [0.25, 0.3) is 0 Å². The molecule has 0 bridgehead atoms. The minimum atomic E-state index is -3.99. The molecule has 3 rings (SSSR count). The molecular weight excluding hydrogens is 410 g/mol. The van der Waals surface area contributed by atoms with Crippen LogP contribution < -0.4 is 4.74 Å². The van der Waals surface area contributed by atoms with Crippen molar-refractivity contribution in [3.63, 3.8) is 0 Å². The molecule has 1 N–H and O–H groups in total. The van der Waals surface area contributed by atoms with Crippen LogP contribution in [-0.4, -0.2) is 50.8 Å². The van der Waals surface area contributed by atoms with Gasteiger partial charge in [-0.3, -0.25) is 8.98 Å². The van der Waals surface area contributed by atoms with Gasteiger partial charge in [0.05, 0.1) is 11.5 Å². The van der Waals surface area contributed by atoms with E-state index in [0.29, 0.717) is 16.9 Å². The topological polar surface area (TPSA) is 111 Å². The zero-order valence-corrected chi connectivity index (χ0v) is 17.7. The summed E-state index contributed by atoms with van der Waals surface area (Å²) in [4.78, 5) is 15.6. The van der Waals surface area contributed by atoms with Gasteiger partial charge in [-0.1, -0.05) is 23.8 Å². The van der Waals surface area contributed by atoms with E-state index in [9.17, 15) is 18.3 Å². The standard InChI is InChI=1S/C21H23NO7S/c1-13-7-9-16(10-8-13)30(25,26)28-12-19(24)18-11-27-21(22-18)17-5-4-6-20(14(17)2)29-15(3)23/h4-10,18-19,24H,11-12H2,1-3H3/t18-,19+/m0/s1. The lowest BCUT2D eigenvalue weighted by Crippen LogP contribution is -2.31. The second kappa shape index (κ2) is 8.95. The van der Waals surface area contributed by atoms with Crippen LogP contribution in [0.3, 0.4) is 0 Å². The largest absolute Gasteiger partial charge is 0.475 e. The van der Waals surface area contributed by atoms with Crippen molar-refractivity contribution in [3.05, 3.63) is 59.2 Å². The Morgan fingerprint density at radius 1 is 1.23 bits per heavy atom. The molecule has 0 spiro atoms. The molecular formula is C21H23NO7S. The van der Waals surface area contributed by atoms with Gasteiger partial charge in [0.25, 0.3) is 10.1 Å². The monoisotopic (exact) mass is 433 g/mol. The van der Waals surface area contributed by atoms with Crippen molar-refractivity contribution in [1.29, 1.82) is 0 Å². The Hall–Kier alpha value is -2.75. The Bertz CT molecular complexity index is 1060. The van der Waals surface area contributed by atoms with Crippen molar-refractivity contribution in [3.8, 4) is 5.75 Å². The van der Waals surface area contributed by atoms with Crippen LogP contribution in [0.5, 0.6) is 5.75 Å². The van der Waals surface area contributed by atoms with E-state index in [0.717, 1.165) is 5.56 Å². The highest BCUT2D eigenvalue weighted by Gasteiger charge is 2.30. The van der Waals surface area contributed by atoms with E-state index in [-0.39, 0.29) is 17.4 Å². The van der Waals surface area contributed by atoms with Crippen LogP contribution in [-0.2, 0) is 23.8 Å². The number of esters is 1. The number of aliphatic hydroxyl groups excluding tert-OH is 1. The van der Waals surface area contributed by atoms with Crippen LogP contribution in [0.15, 0.2) is 52.4 Å². The predicted octanol–water partition coefficient (Wildman–Crippen LogP) is 2.14. The zero-order valence-electron chi connectivity index (χ0n) is 16.9. The Morgan fingerprint density at radius 3 is 2.60 bits per heavy atom. The fraction of sp³-hybridized carbons (Fsp3) is 0.333. The third kappa shape index (κ3) is 5.05. The highest BCUT2D eigenvalue weighted by atomic mass is 32.2. The molecule has 30 heavy (non-hydrogen) atoms. The van der Waals surface area contributed by atoms with Gasteiger partial charge in [0.15, 0.2) is 0 Å². The minimum absolute atomic E-state index is 0.0186. The van der Waals surface area contributed by atoms with Crippen molar-refractivity contribution in [1.82, 2.24) is 0 Å². The van der Waals surface area contributed by atoms with Gasteiger partial charge in [-0.2, -0.15) is 8.42 Å². The number of hydrogen-bond acceptors (Lipinski definition) is 8. The summed E-state index contributed by atoms with van der Waals surface area (Å²) >= 11 is 0. The van der Waals surface area contributed by atoms with E-state index in [4.69, 9.17) is 13.7 Å². The van der Waals surface area contributed by atoms with Gasteiger partial charge in [-0.15, -0.1) is 0 Å². The first-order valence-electron chi connectivity index (χ1n) is 9.30. The van der Waals surface area contributed by atoms with Gasteiger partial charge in [-0.05, 0) is 38.1 Å². The number of ether oxygens (including phenoxy) is 2. The maximum Gasteiger partial charge on any atom is 0.308 e. The maximum absolute atomic E-state index is 12.3. The summed E-state index contributed by atoms with van der Waals surface area (Å²) in [5.41, 5.74) is 2.21. The number of aliphatic hydroxyl groups is 1. The van der Waals surface area contributed by atoms with Crippen LogP contribution in [0.2, 0.25) is 0 Å². The molecule has 0 radical (unpaired) electrons. The molecule has 1 aliphatic heterocycles. The molecule has 0 unspecified atom stereocenters. The SMILES string of the molecule is CC(=O)Oc1cccc(C2=N[C@H]([C@H](O)COS(=O)(=O)c3ccc(C)cc3)CO2)c1C. The highest BCUT2D eigenvalue weighted by Crippen LogP contribution is 2.25. The molecule has 0 aromatic heterocycles. The van der Waals surface area contributed by atoms with Crippen LogP contribution in [0, 0.1) is 13.8 Å². The van der Waals surface area contributed by atoms with Gasteiger partial charge in [0.1, 0.15) is 24.5 Å². The molecule has 0 aliphatic carbocycles. The molecule has 9 heteroatoms. The number of aliphatic imine (C=N–C) groups is 1. The van der Waals surface area contributed by atoms with Crippen LogP contribution in [0.4, 0.5) is 0 Å². The zero-order chi connectivity index (χ0) is 21.9. The number of aryl methyl sites for hydroxylation is 1. The normalized spacial score (nSPS) is 17.2. The highest BCUT2D eigenvalue weighted by molar-refractivity contribution is 7.86. The molecule has 0 saturated carbocycles. The number of hydrogen-bond donors (Lipinski definition) is 1. The number of rotatable bonds is 7. The molecule has 1 aliphatic rings. The first kappa shape index (κ1) is 21.9. The van der Waals surface area contributed by atoms with Gasteiger partial charge < -0.3 is 14.6 Å². The van der Waals surface area contributed by atoms with Crippen LogP contribution >= 0.6 is 0 Å². The van der Waals surface area contributed by atoms with E-state index in [2.05, 4.69) is 4.99 Å².